The van der Waals surface area contributed by atoms with Gasteiger partial charge >= 0.3 is 0 Å². The molecule has 0 aliphatic carbocycles. The van der Waals surface area contributed by atoms with E-state index in [2.05, 4.69) is 0 Å². The molecule has 0 atom stereocenters. The SMILES string of the molecule is COCCOc1cc(-c2ccc(OC)c(OCCOC)c2)ccc1OC. The van der Waals surface area contributed by atoms with Crippen LogP contribution in [-0.4, -0.2) is 54.9 Å². The predicted octanol–water partition coefficient (Wildman–Crippen LogP) is 3.42. The first kappa shape index (κ1) is 19.9. The summed E-state index contributed by atoms with van der Waals surface area (Å²) in [4.78, 5) is 0. The number of hydrogen-bond acceptors (Lipinski definition) is 6. The normalized spacial score (nSPS) is 10.5. The molecule has 2 aromatic carbocycles. The summed E-state index contributed by atoms with van der Waals surface area (Å²) in [5.74, 6) is 2.68. The summed E-state index contributed by atoms with van der Waals surface area (Å²) >= 11 is 0. The molecule has 0 heterocycles. The first-order valence-electron chi connectivity index (χ1n) is 8.33. The molecule has 0 bridgehead atoms. The summed E-state index contributed by atoms with van der Waals surface area (Å²) in [6.07, 6.45) is 0. The molecule has 0 N–H and O–H groups in total. The third-order valence-electron chi connectivity index (χ3n) is 3.75. The molecule has 0 saturated carbocycles. The molecule has 0 spiro atoms. The van der Waals surface area contributed by atoms with Crippen molar-refractivity contribution in [2.24, 2.45) is 0 Å². The number of ether oxygens (including phenoxy) is 6. The van der Waals surface area contributed by atoms with Gasteiger partial charge in [0, 0.05) is 14.2 Å². The summed E-state index contributed by atoms with van der Waals surface area (Å²) < 4.78 is 32.3. The van der Waals surface area contributed by atoms with E-state index in [9.17, 15) is 0 Å². The first-order valence-corrected chi connectivity index (χ1v) is 8.33. The van der Waals surface area contributed by atoms with Crippen molar-refractivity contribution in [1.29, 1.82) is 0 Å². The minimum Gasteiger partial charge on any atom is -0.493 e. The zero-order valence-electron chi connectivity index (χ0n) is 15.7. The van der Waals surface area contributed by atoms with E-state index in [4.69, 9.17) is 28.4 Å². The highest BCUT2D eigenvalue weighted by Crippen LogP contribution is 2.36. The van der Waals surface area contributed by atoms with E-state index in [0.29, 0.717) is 49.4 Å². The van der Waals surface area contributed by atoms with Crippen LogP contribution in [0.25, 0.3) is 11.1 Å². The molecule has 2 aromatic rings. The molecule has 142 valence electrons. The summed E-state index contributed by atoms with van der Waals surface area (Å²) in [7, 11) is 6.51. The van der Waals surface area contributed by atoms with Crippen molar-refractivity contribution in [2.75, 3.05) is 54.9 Å². The second-order valence-corrected chi connectivity index (χ2v) is 5.41. The van der Waals surface area contributed by atoms with Gasteiger partial charge in [-0.2, -0.15) is 0 Å². The molecule has 0 radical (unpaired) electrons. The van der Waals surface area contributed by atoms with E-state index in [1.165, 1.54) is 0 Å². The zero-order chi connectivity index (χ0) is 18.8. The van der Waals surface area contributed by atoms with Crippen molar-refractivity contribution >= 4 is 0 Å². The van der Waals surface area contributed by atoms with Crippen molar-refractivity contribution in [3.8, 4) is 34.1 Å². The third kappa shape index (κ3) is 5.28. The van der Waals surface area contributed by atoms with Crippen LogP contribution in [-0.2, 0) is 9.47 Å². The van der Waals surface area contributed by atoms with Crippen LogP contribution in [0.1, 0.15) is 0 Å². The zero-order valence-corrected chi connectivity index (χ0v) is 15.7. The third-order valence-corrected chi connectivity index (χ3v) is 3.75. The molecule has 26 heavy (non-hydrogen) atoms. The second kappa shape index (κ2) is 10.5. The average Bonchev–Trinajstić information content (AvgIpc) is 2.68. The van der Waals surface area contributed by atoms with Crippen molar-refractivity contribution in [3.05, 3.63) is 36.4 Å². The smallest absolute Gasteiger partial charge is 0.161 e. The molecule has 0 unspecified atom stereocenters. The van der Waals surface area contributed by atoms with Gasteiger partial charge in [-0.3, -0.25) is 0 Å². The Balaban J connectivity index is 2.28. The Morgan fingerprint density at radius 2 is 0.962 bits per heavy atom. The Labute approximate surface area is 154 Å². The van der Waals surface area contributed by atoms with Crippen LogP contribution >= 0.6 is 0 Å². The summed E-state index contributed by atoms with van der Waals surface area (Å²) in [5.41, 5.74) is 1.97. The van der Waals surface area contributed by atoms with Crippen LogP contribution in [0.3, 0.4) is 0 Å². The summed E-state index contributed by atoms with van der Waals surface area (Å²) in [5, 5.41) is 0. The van der Waals surface area contributed by atoms with Crippen LogP contribution in [0, 0.1) is 0 Å². The fraction of sp³-hybridized carbons (Fsp3) is 0.400. The van der Waals surface area contributed by atoms with Gasteiger partial charge in [0.05, 0.1) is 27.4 Å². The van der Waals surface area contributed by atoms with Crippen molar-refractivity contribution in [3.63, 3.8) is 0 Å². The van der Waals surface area contributed by atoms with Crippen LogP contribution in [0.4, 0.5) is 0 Å². The predicted molar refractivity (Wildman–Crippen MR) is 99.7 cm³/mol. The van der Waals surface area contributed by atoms with Gasteiger partial charge in [0.25, 0.3) is 0 Å². The van der Waals surface area contributed by atoms with E-state index in [0.717, 1.165) is 11.1 Å². The number of benzene rings is 2. The highest BCUT2D eigenvalue weighted by atomic mass is 16.5. The Morgan fingerprint density at radius 3 is 1.31 bits per heavy atom. The lowest BCUT2D eigenvalue weighted by Gasteiger charge is -2.14. The Hall–Kier alpha value is -2.44. The van der Waals surface area contributed by atoms with E-state index in [1.54, 1.807) is 28.4 Å². The molecule has 0 fully saturated rings. The molecule has 6 nitrogen and oxygen atoms in total. The van der Waals surface area contributed by atoms with Crippen LogP contribution in [0.15, 0.2) is 36.4 Å². The molecule has 6 heteroatoms. The molecule has 0 aromatic heterocycles. The van der Waals surface area contributed by atoms with Crippen molar-refractivity contribution < 1.29 is 28.4 Å². The lowest BCUT2D eigenvalue weighted by Crippen LogP contribution is -2.06. The van der Waals surface area contributed by atoms with Crippen LogP contribution < -0.4 is 18.9 Å². The van der Waals surface area contributed by atoms with Crippen LogP contribution in [0.5, 0.6) is 23.0 Å². The highest BCUT2D eigenvalue weighted by molar-refractivity contribution is 5.70. The lowest BCUT2D eigenvalue weighted by atomic mass is 10.0. The minimum atomic E-state index is 0.449. The summed E-state index contributed by atoms with van der Waals surface area (Å²) in [6.45, 7) is 1.91. The van der Waals surface area contributed by atoms with Crippen molar-refractivity contribution in [1.82, 2.24) is 0 Å². The lowest BCUT2D eigenvalue weighted by molar-refractivity contribution is 0.144. The van der Waals surface area contributed by atoms with Crippen LogP contribution in [0.2, 0.25) is 0 Å². The molecular weight excluding hydrogens is 336 g/mol. The van der Waals surface area contributed by atoms with E-state index in [1.807, 2.05) is 36.4 Å². The minimum absolute atomic E-state index is 0.449. The fourth-order valence-corrected chi connectivity index (χ4v) is 2.41. The number of methoxy groups -OCH3 is 4. The maximum absolute atomic E-state index is 5.76. The van der Waals surface area contributed by atoms with E-state index in [-0.39, 0.29) is 0 Å². The van der Waals surface area contributed by atoms with Gasteiger partial charge in [-0.1, -0.05) is 12.1 Å². The Kier molecular flexibility index (Phi) is 8.05. The largest absolute Gasteiger partial charge is 0.493 e. The Morgan fingerprint density at radius 1 is 0.538 bits per heavy atom. The van der Waals surface area contributed by atoms with Gasteiger partial charge in [-0.15, -0.1) is 0 Å². The summed E-state index contributed by atoms with van der Waals surface area (Å²) in [6, 6.07) is 11.6. The molecule has 0 aliphatic heterocycles. The molecule has 2 rings (SSSR count). The second-order valence-electron chi connectivity index (χ2n) is 5.41. The van der Waals surface area contributed by atoms with Gasteiger partial charge < -0.3 is 28.4 Å². The van der Waals surface area contributed by atoms with Gasteiger partial charge in [0.15, 0.2) is 23.0 Å². The van der Waals surface area contributed by atoms with Crippen molar-refractivity contribution in [2.45, 2.75) is 0 Å². The Bertz CT molecular complexity index is 626. The number of rotatable bonds is 11. The van der Waals surface area contributed by atoms with Gasteiger partial charge in [0.1, 0.15) is 13.2 Å². The topological polar surface area (TPSA) is 55.4 Å². The maximum Gasteiger partial charge on any atom is 0.161 e. The van der Waals surface area contributed by atoms with E-state index < -0.39 is 0 Å². The number of hydrogen-bond donors (Lipinski definition) is 0. The molecule has 0 aliphatic rings. The first-order chi connectivity index (χ1) is 12.7. The average molecular weight is 362 g/mol. The maximum atomic E-state index is 5.76. The monoisotopic (exact) mass is 362 g/mol. The van der Waals surface area contributed by atoms with Gasteiger partial charge in [-0.25, -0.2) is 0 Å². The quantitative estimate of drug-likeness (QED) is 0.571. The van der Waals surface area contributed by atoms with E-state index >= 15 is 0 Å². The fourth-order valence-electron chi connectivity index (χ4n) is 2.41. The standard InChI is InChI=1S/C20H26O6/c1-21-9-11-25-19-13-15(5-7-17(19)23-3)16-6-8-18(24-4)20(14-16)26-12-10-22-2/h5-8,13-14H,9-12H2,1-4H3. The van der Waals surface area contributed by atoms with Gasteiger partial charge in [-0.05, 0) is 35.4 Å². The molecule has 0 amide bonds. The molecular formula is C20H26O6. The van der Waals surface area contributed by atoms with Gasteiger partial charge in [0.2, 0.25) is 0 Å². The molecule has 0 saturated heterocycles. The highest BCUT2D eigenvalue weighted by Gasteiger charge is 2.11.